The molecule has 0 atom stereocenters. The summed E-state index contributed by atoms with van der Waals surface area (Å²) < 4.78 is 28.3. The van der Waals surface area contributed by atoms with Gasteiger partial charge in [0.15, 0.2) is 0 Å². The van der Waals surface area contributed by atoms with E-state index in [9.17, 15) is 8.78 Å². The van der Waals surface area contributed by atoms with Crippen molar-refractivity contribution in [2.24, 2.45) is 11.8 Å². The van der Waals surface area contributed by atoms with Crippen molar-refractivity contribution in [1.82, 2.24) is 0 Å². The number of hydrogen-bond acceptors (Lipinski definition) is 0. The first-order chi connectivity index (χ1) is 7.12. The van der Waals surface area contributed by atoms with Crippen LogP contribution in [0.2, 0.25) is 0 Å². The van der Waals surface area contributed by atoms with Crippen molar-refractivity contribution in [3.05, 3.63) is 5.92 Å². The van der Waals surface area contributed by atoms with Crippen molar-refractivity contribution in [2.75, 3.05) is 0 Å². The molecule has 0 spiro atoms. The molecule has 87 valence electrons. The first-order valence-corrected chi connectivity index (χ1v) is 6.34. The van der Waals surface area contributed by atoms with Crippen LogP contribution in [0.1, 0.15) is 58.3 Å². The molecular formula is C13H21F2. The first kappa shape index (κ1) is 11.3. The Labute approximate surface area is 91.4 Å². The van der Waals surface area contributed by atoms with Gasteiger partial charge in [-0.1, -0.05) is 32.6 Å². The molecule has 0 bridgehead atoms. The molecule has 0 saturated heterocycles. The Balaban J connectivity index is 1.98. The molecule has 0 aliphatic heterocycles. The fourth-order valence-corrected chi connectivity index (χ4v) is 2.75. The first-order valence-electron chi connectivity index (χ1n) is 6.34. The summed E-state index contributed by atoms with van der Waals surface area (Å²) in [5.41, 5.74) is 0. The second kappa shape index (κ2) is 4.39. The van der Waals surface area contributed by atoms with E-state index in [2.05, 4.69) is 0 Å². The molecule has 0 aromatic rings. The summed E-state index contributed by atoms with van der Waals surface area (Å²) in [4.78, 5) is 0. The van der Waals surface area contributed by atoms with Crippen molar-refractivity contribution in [1.29, 1.82) is 0 Å². The van der Waals surface area contributed by atoms with E-state index in [4.69, 9.17) is 0 Å². The van der Waals surface area contributed by atoms with Crippen LogP contribution in [0.3, 0.4) is 0 Å². The summed E-state index contributed by atoms with van der Waals surface area (Å²) in [5, 5.41) is 0. The maximum Gasteiger partial charge on any atom is 0.257 e. The third-order valence-electron chi connectivity index (χ3n) is 4.08. The molecule has 0 aromatic carbocycles. The lowest BCUT2D eigenvalue weighted by molar-refractivity contribution is -0.0536. The molecule has 2 aliphatic carbocycles. The molecule has 0 N–H and O–H groups in total. The lowest BCUT2D eigenvalue weighted by Crippen LogP contribution is -2.34. The largest absolute Gasteiger partial charge is 0.257 e. The van der Waals surface area contributed by atoms with Crippen molar-refractivity contribution in [3.63, 3.8) is 0 Å². The highest BCUT2D eigenvalue weighted by molar-refractivity contribution is 5.11. The maximum atomic E-state index is 14.1. The van der Waals surface area contributed by atoms with Gasteiger partial charge in [0.2, 0.25) is 0 Å². The topological polar surface area (TPSA) is 0 Å². The van der Waals surface area contributed by atoms with Crippen LogP contribution in [-0.2, 0) is 0 Å². The quantitative estimate of drug-likeness (QED) is 0.604. The number of hydrogen-bond donors (Lipinski definition) is 0. The zero-order valence-corrected chi connectivity index (χ0v) is 9.57. The van der Waals surface area contributed by atoms with E-state index in [0.29, 0.717) is 5.92 Å². The summed E-state index contributed by atoms with van der Waals surface area (Å²) in [6.07, 6.45) is 7.75. The van der Waals surface area contributed by atoms with Gasteiger partial charge in [0, 0.05) is 11.8 Å². The molecule has 0 aromatic heterocycles. The van der Waals surface area contributed by atoms with Gasteiger partial charge in [0.05, 0.1) is 0 Å². The minimum atomic E-state index is -2.48. The Morgan fingerprint density at radius 2 is 1.47 bits per heavy atom. The fourth-order valence-electron chi connectivity index (χ4n) is 2.75. The molecule has 2 heteroatoms. The number of alkyl halides is 2. The van der Waals surface area contributed by atoms with Crippen LogP contribution in [0, 0.1) is 17.8 Å². The molecule has 2 aliphatic rings. The van der Waals surface area contributed by atoms with Crippen molar-refractivity contribution in [3.8, 4) is 0 Å². The molecule has 2 fully saturated rings. The van der Waals surface area contributed by atoms with Gasteiger partial charge in [-0.15, -0.1) is 0 Å². The van der Waals surface area contributed by atoms with Crippen LogP contribution >= 0.6 is 0 Å². The molecule has 0 nitrogen and oxygen atoms in total. The van der Waals surface area contributed by atoms with Crippen molar-refractivity contribution < 1.29 is 8.78 Å². The summed E-state index contributed by atoms with van der Waals surface area (Å²) in [6, 6.07) is 0. The van der Waals surface area contributed by atoms with Crippen molar-refractivity contribution >= 4 is 0 Å². The summed E-state index contributed by atoms with van der Waals surface area (Å²) >= 11 is 0. The summed E-state index contributed by atoms with van der Waals surface area (Å²) in [5.74, 6) is -2.12. The lowest BCUT2D eigenvalue weighted by Gasteiger charge is -2.30. The van der Waals surface area contributed by atoms with Gasteiger partial charge in [-0.25, -0.2) is 8.78 Å². The van der Waals surface area contributed by atoms with E-state index < -0.39 is 5.92 Å². The van der Waals surface area contributed by atoms with Crippen LogP contribution in [0.25, 0.3) is 0 Å². The highest BCUT2D eigenvalue weighted by Gasteiger charge is 2.50. The Kier molecular flexibility index (Phi) is 3.32. The van der Waals surface area contributed by atoms with Gasteiger partial charge < -0.3 is 0 Å². The van der Waals surface area contributed by atoms with Gasteiger partial charge >= 0.3 is 0 Å². The van der Waals surface area contributed by atoms with E-state index in [-0.39, 0.29) is 11.8 Å². The third-order valence-corrected chi connectivity index (χ3v) is 4.08. The third kappa shape index (κ3) is 2.51. The highest BCUT2D eigenvalue weighted by atomic mass is 19.3. The average Bonchev–Trinajstić information content (AvgIpc) is 3.04. The molecule has 2 saturated carbocycles. The van der Waals surface area contributed by atoms with E-state index in [0.717, 1.165) is 51.4 Å². The van der Waals surface area contributed by atoms with Gasteiger partial charge in [-0.05, 0) is 31.6 Å². The standard InChI is InChI=1S/C13H21F2/c1-10(11-8-9-11)13(14,15)12-6-4-2-3-5-7-12/h11-12H,2-9H2,1H3. The molecule has 1 radical (unpaired) electrons. The van der Waals surface area contributed by atoms with Crippen LogP contribution in [0.4, 0.5) is 8.78 Å². The van der Waals surface area contributed by atoms with E-state index >= 15 is 0 Å². The maximum absolute atomic E-state index is 14.1. The normalized spacial score (nSPS) is 25.6. The summed E-state index contributed by atoms with van der Waals surface area (Å²) in [7, 11) is 0. The van der Waals surface area contributed by atoms with Crippen LogP contribution in [0.15, 0.2) is 0 Å². The average molecular weight is 215 g/mol. The zero-order valence-electron chi connectivity index (χ0n) is 9.57. The van der Waals surface area contributed by atoms with Gasteiger partial charge in [0.25, 0.3) is 5.92 Å². The predicted octanol–water partition coefficient (Wildman–Crippen LogP) is 4.60. The van der Waals surface area contributed by atoms with Gasteiger partial charge in [-0.2, -0.15) is 0 Å². The van der Waals surface area contributed by atoms with Crippen molar-refractivity contribution in [2.45, 2.75) is 64.2 Å². The van der Waals surface area contributed by atoms with Gasteiger partial charge in [0.1, 0.15) is 0 Å². The molecule has 15 heavy (non-hydrogen) atoms. The number of rotatable bonds is 3. The molecule has 0 unspecified atom stereocenters. The Morgan fingerprint density at radius 1 is 0.933 bits per heavy atom. The molecule has 0 amide bonds. The van der Waals surface area contributed by atoms with E-state index in [1.54, 1.807) is 6.92 Å². The van der Waals surface area contributed by atoms with Crippen LogP contribution in [0.5, 0.6) is 0 Å². The highest BCUT2D eigenvalue weighted by Crippen LogP contribution is 2.51. The second-order valence-electron chi connectivity index (χ2n) is 5.27. The molecule has 2 rings (SSSR count). The van der Waals surface area contributed by atoms with E-state index in [1.807, 2.05) is 0 Å². The molecule has 0 heterocycles. The lowest BCUT2D eigenvalue weighted by atomic mass is 9.83. The SMILES string of the molecule is C[C](C1CC1)C(F)(F)C1CCCCCC1. The van der Waals surface area contributed by atoms with Gasteiger partial charge in [-0.3, -0.25) is 0 Å². The minimum Gasteiger partial charge on any atom is -0.206 e. The summed E-state index contributed by atoms with van der Waals surface area (Å²) in [6.45, 7) is 1.68. The predicted molar refractivity (Wildman–Crippen MR) is 57.8 cm³/mol. The second-order valence-corrected chi connectivity index (χ2v) is 5.27. The fraction of sp³-hybridized carbons (Fsp3) is 0.923. The number of halogens is 2. The monoisotopic (exact) mass is 215 g/mol. The Hall–Kier alpha value is -0.140. The Morgan fingerprint density at radius 3 is 1.93 bits per heavy atom. The molecular weight excluding hydrogens is 194 g/mol. The smallest absolute Gasteiger partial charge is 0.206 e. The minimum absolute atomic E-state index is 0.239. The van der Waals surface area contributed by atoms with E-state index in [1.165, 1.54) is 0 Å². The van der Waals surface area contributed by atoms with Crippen LogP contribution in [-0.4, -0.2) is 5.92 Å². The zero-order chi connectivity index (χ0) is 10.9. The Bertz CT molecular complexity index is 201. The van der Waals surface area contributed by atoms with Crippen LogP contribution < -0.4 is 0 Å².